The first-order valence-electron chi connectivity index (χ1n) is 7.25. The third-order valence-corrected chi connectivity index (χ3v) is 4.67. The van der Waals surface area contributed by atoms with Crippen LogP contribution in [-0.2, 0) is 18.6 Å². The highest BCUT2D eigenvalue weighted by Crippen LogP contribution is 2.26. The van der Waals surface area contributed by atoms with Gasteiger partial charge in [0.05, 0.1) is 5.75 Å². The van der Waals surface area contributed by atoms with Crippen LogP contribution in [0.1, 0.15) is 36.3 Å². The van der Waals surface area contributed by atoms with Crippen LogP contribution in [0.5, 0.6) is 0 Å². The Morgan fingerprint density at radius 2 is 2.00 bits per heavy atom. The van der Waals surface area contributed by atoms with E-state index in [-0.39, 0.29) is 5.82 Å². The molecule has 2 N–H and O–H groups in total. The molecule has 1 aliphatic rings. The number of rotatable bonds is 3. The van der Waals surface area contributed by atoms with Gasteiger partial charge < -0.3 is 5.73 Å². The van der Waals surface area contributed by atoms with Crippen molar-refractivity contribution in [2.24, 2.45) is 0 Å². The number of nitrogens with zero attached hydrogens (tertiary/aromatic N) is 2. The van der Waals surface area contributed by atoms with Gasteiger partial charge in [0.2, 0.25) is 0 Å². The summed E-state index contributed by atoms with van der Waals surface area (Å²) < 4.78 is 13.2. The number of hydrogen-bond donors (Lipinski definition) is 1. The summed E-state index contributed by atoms with van der Waals surface area (Å²) in [6.45, 7) is 0. The number of hydrogen-bond acceptors (Lipinski definition) is 4. The first-order valence-corrected chi connectivity index (χ1v) is 8.23. The quantitative estimate of drug-likeness (QED) is 0.693. The average molecular weight is 303 g/mol. The van der Waals surface area contributed by atoms with Crippen molar-refractivity contribution in [3.05, 3.63) is 47.2 Å². The molecule has 0 bridgehead atoms. The van der Waals surface area contributed by atoms with Gasteiger partial charge in [-0.15, -0.1) is 11.8 Å². The molecule has 1 heterocycles. The van der Waals surface area contributed by atoms with Crippen LogP contribution in [0.25, 0.3) is 0 Å². The van der Waals surface area contributed by atoms with E-state index >= 15 is 0 Å². The van der Waals surface area contributed by atoms with E-state index < -0.39 is 0 Å². The molecule has 0 fully saturated rings. The van der Waals surface area contributed by atoms with Crippen molar-refractivity contribution in [1.29, 1.82) is 0 Å². The molecule has 0 aliphatic heterocycles. The second kappa shape index (κ2) is 6.43. The first kappa shape index (κ1) is 14.3. The van der Waals surface area contributed by atoms with E-state index in [2.05, 4.69) is 9.97 Å². The van der Waals surface area contributed by atoms with Crippen LogP contribution in [0, 0.1) is 5.82 Å². The molecule has 0 saturated carbocycles. The van der Waals surface area contributed by atoms with Gasteiger partial charge in [0.1, 0.15) is 17.5 Å². The molecule has 0 atom stereocenters. The monoisotopic (exact) mass is 303 g/mol. The van der Waals surface area contributed by atoms with Crippen LogP contribution in [0.15, 0.2) is 29.2 Å². The van der Waals surface area contributed by atoms with Gasteiger partial charge >= 0.3 is 0 Å². The number of halogens is 1. The molecule has 0 saturated heterocycles. The minimum atomic E-state index is -0.220. The Kier molecular flexibility index (Phi) is 4.39. The van der Waals surface area contributed by atoms with Crippen molar-refractivity contribution >= 4 is 17.6 Å². The summed E-state index contributed by atoms with van der Waals surface area (Å²) in [6, 6.07) is 6.57. The summed E-state index contributed by atoms with van der Waals surface area (Å²) in [5.74, 6) is 1.75. The molecule has 0 unspecified atom stereocenters. The smallest absolute Gasteiger partial charge is 0.141 e. The van der Waals surface area contributed by atoms with E-state index in [1.165, 1.54) is 36.7 Å². The standard InChI is InChI=1S/C16H18FN3S/c17-11-5-4-6-12(9-11)21-10-15-19-14-8-3-1-2-7-13(14)16(18)20-15/h4-6,9H,1-3,7-8,10H2,(H2,18,19,20). The maximum absolute atomic E-state index is 13.2. The lowest BCUT2D eigenvalue weighted by atomic mass is 10.1. The van der Waals surface area contributed by atoms with E-state index in [1.807, 2.05) is 6.07 Å². The third kappa shape index (κ3) is 3.53. The van der Waals surface area contributed by atoms with Gasteiger partial charge in [0.25, 0.3) is 0 Å². The van der Waals surface area contributed by atoms with E-state index in [0.717, 1.165) is 41.2 Å². The zero-order chi connectivity index (χ0) is 14.7. The van der Waals surface area contributed by atoms with Crippen LogP contribution in [0.2, 0.25) is 0 Å². The van der Waals surface area contributed by atoms with Gasteiger partial charge in [0, 0.05) is 16.2 Å². The maximum atomic E-state index is 13.2. The summed E-state index contributed by atoms with van der Waals surface area (Å²) in [5, 5.41) is 0. The van der Waals surface area contributed by atoms with Crippen molar-refractivity contribution < 1.29 is 4.39 Å². The lowest BCUT2D eigenvalue weighted by Gasteiger charge is -2.10. The number of anilines is 1. The molecular weight excluding hydrogens is 285 g/mol. The van der Waals surface area contributed by atoms with Crippen LogP contribution >= 0.6 is 11.8 Å². The Hall–Kier alpha value is -1.62. The molecule has 1 aliphatic carbocycles. The fourth-order valence-electron chi connectivity index (χ4n) is 2.62. The number of nitrogens with two attached hydrogens (primary N) is 1. The highest BCUT2D eigenvalue weighted by Gasteiger charge is 2.15. The highest BCUT2D eigenvalue weighted by molar-refractivity contribution is 7.98. The fourth-order valence-corrected chi connectivity index (χ4v) is 3.42. The first-order chi connectivity index (χ1) is 10.2. The van der Waals surface area contributed by atoms with E-state index in [4.69, 9.17) is 5.73 Å². The Morgan fingerprint density at radius 1 is 1.14 bits per heavy atom. The number of fused-ring (bicyclic) bond motifs is 1. The summed E-state index contributed by atoms with van der Waals surface area (Å²) in [7, 11) is 0. The average Bonchev–Trinajstić information content (AvgIpc) is 2.71. The number of aryl methyl sites for hydroxylation is 1. The molecule has 3 rings (SSSR count). The molecule has 0 amide bonds. The van der Waals surface area contributed by atoms with Gasteiger partial charge in [-0.25, -0.2) is 14.4 Å². The van der Waals surface area contributed by atoms with Gasteiger partial charge in [-0.3, -0.25) is 0 Å². The molecule has 3 nitrogen and oxygen atoms in total. The van der Waals surface area contributed by atoms with Crippen molar-refractivity contribution in [3.63, 3.8) is 0 Å². The van der Waals surface area contributed by atoms with Crippen molar-refractivity contribution in [2.75, 3.05) is 5.73 Å². The summed E-state index contributed by atoms with van der Waals surface area (Å²) in [5.41, 5.74) is 8.32. The van der Waals surface area contributed by atoms with Gasteiger partial charge in [0.15, 0.2) is 0 Å². The molecule has 110 valence electrons. The number of benzene rings is 1. The number of aromatic nitrogens is 2. The number of nitrogen functional groups attached to an aromatic ring is 1. The van der Waals surface area contributed by atoms with Crippen molar-refractivity contribution in [3.8, 4) is 0 Å². The minimum Gasteiger partial charge on any atom is -0.383 e. The van der Waals surface area contributed by atoms with Gasteiger partial charge in [-0.2, -0.15) is 0 Å². The molecule has 1 aromatic carbocycles. The van der Waals surface area contributed by atoms with Crippen LogP contribution in [0.4, 0.5) is 10.2 Å². The predicted molar refractivity (Wildman–Crippen MR) is 83.7 cm³/mol. The molecule has 5 heteroatoms. The normalized spacial score (nSPS) is 14.5. The van der Waals surface area contributed by atoms with Crippen molar-refractivity contribution in [2.45, 2.75) is 42.8 Å². The molecule has 0 spiro atoms. The zero-order valence-electron chi connectivity index (χ0n) is 11.8. The lowest BCUT2D eigenvalue weighted by molar-refractivity contribution is 0.624. The lowest BCUT2D eigenvalue weighted by Crippen LogP contribution is -2.08. The van der Waals surface area contributed by atoms with E-state index in [1.54, 1.807) is 6.07 Å². The fraction of sp³-hybridized carbons (Fsp3) is 0.375. The van der Waals surface area contributed by atoms with Crippen LogP contribution < -0.4 is 5.73 Å². The number of thioether (sulfide) groups is 1. The molecule has 0 radical (unpaired) electrons. The van der Waals surface area contributed by atoms with E-state index in [0.29, 0.717) is 11.6 Å². The zero-order valence-corrected chi connectivity index (χ0v) is 12.6. The highest BCUT2D eigenvalue weighted by atomic mass is 32.2. The van der Waals surface area contributed by atoms with Crippen molar-refractivity contribution in [1.82, 2.24) is 9.97 Å². The van der Waals surface area contributed by atoms with Gasteiger partial charge in [-0.1, -0.05) is 12.5 Å². The Labute approximate surface area is 128 Å². The summed E-state index contributed by atoms with van der Waals surface area (Å²) in [6.07, 6.45) is 5.53. The van der Waals surface area contributed by atoms with Crippen LogP contribution in [0.3, 0.4) is 0 Å². The summed E-state index contributed by atoms with van der Waals surface area (Å²) >= 11 is 1.53. The SMILES string of the molecule is Nc1nc(CSc2cccc(F)c2)nc2c1CCCCC2. The second-order valence-electron chi connectivity index (χ2n) is 5.26. The maximum Gasteiger partial charge on any atom is 0.141 e. The Balaban J connectivity index is 1.77. The summed E-state index contributed by atoms with van der Waals surface area (Å²) in [4.78, 5) is 9.97. The topological polar surface area (TPSA) is 51.8 Å². The third-order valence-electron chi connectivity index (χ3n) is 3.68. The van der Waals surface area contributed by atoms with Gasteiger partial charge in [-0.05, 0) is 43.9 Å². The molecular formula is C16H18FN3S. The molecule has 2 aromatic rings. The Morgan fingerprint density at radius 3 is 2.86 bits per heavy atom. The molecule has 21 heavy (non-hydrogen) atoms. The minimum absolute atomic E-state index is 0.220. The Bertz CT molecular complexity index is 645. The van der Waals surface area contributed by atoms with Crippen LogP contribution in [-0.4, -0.2) is 9.97 Å². The second-order valence-corrected chi connectivity index (χ2v) is 6.31. The predicted octanol–water partition coefficient (Wildman–Crippen LogP) is 3.76. The largest absolute Gasteiger partial charge is 0.383 e. The van der Waals surface area contributed by atoms with E-state index in [9.17, 15) is 4.39 Å². The molecule has 1 aromatic heterocycles.